The van der Waals surface area contributed by atoms with Crippen LogP contribution in [0, 0.1) is 5.92 Å². The Kier molecular flexibility index (Phi) is 7.19. The first kappa shape index (κ1) is 22.4. The van der Waals surface area contributed by atoms with E-state index in [2.05, 4.69) is 0 Å². The van der Waals surface area contributed by atoms with Crippen LogP contribution in [0.4, 0.5) is 4.79 Å². The molecule has 0 aliphatic carbocycles. The Bertz CT molecular complexity index is 850. The Morgan fingerprint density at radius 2 is 1.70 bits per heavy atom. The number of hydrogen-bond acceptors (Lipinski definition) is 6. The zero-order chi connectivity index (χ0) is 21.7. The Morgan fingerprint density at radius 3 is 2.30 bits per heavy atom. The van der Waals surface area contributed by atoms with E-state index >= 15 is 0 Å². The molecule has 2 heterocycles. The van der Waals surface area contributed by atoms with Crippen molar-refractivity contribution in [3.05, 3.63) is 24.3 Å². The van der Waals surface area contributed by atoms with Crippen LogP contribution in [-0.2, 0) is 19.6 Å². The number of rotatable bonds is 5. The molecule has 0 spiro atoms. The second-order valence-corrected chi connectivity index (χ2v) is 9.33. The van der Waals surface area contributed by atoms with Crippen LogP contribution in [0.2, 0.25) is 0 Å². The Hall–Kier alpha value is -2.33. The van der Waals surface area contributed by atoms with Gasteiger partial charge in [0.1, 0.15) is 5.75 Å². The lowest BCUT2D eigenvalue weighted by molar-refractivity contribution is -0.138. The van der Waals surface area contributed by atoms with Crippen molar-refractivity contribution in [1.29, 1.82) is 0 Å². The van der Waals surface area contributed by atoms with Gasteiger partial charge in [-0.1, -0.05) is 0 Å². The normalized spacial score (nSPS) is 20.7. The maximum absolute atomic E-state index is 12.9. The molecule has 1 atom stereocenters. The molecule has 0 radical (unpaired) electrons. The summed E-state index contributed by atoms with van der Waals surface area (Å²) in [5, 5.41) is 0. The first-order chi connectivity index (χ1) is 14.4. The average Bonchev–Trinajstić information content (AvgIpc) is 2.79. The van der Waals surface area contributed by atoms with E-state index in [4.69, 9.17) is 9.47 Å². The summed E-state index contributed by atoms with van der Waals surface area (Å²) in [6.07, 6.45) is 1.09. The molecule has 0 saturated carbocycles. The number of carbonyl (C=O) groups is 2. The molecule has 0 bridgehead atoms. The van der Waals surface area contributed by atoms with E-state index in [1.54, 1.807) is 28.9 Å². The molecule has 30 heavy (non-hydrogen) atoms. The molecule has 2 aliphatic rings. The van der Waals surface area contributed by atoms with Gasteiger partial charge in [-0.3, -0.25) is 4.79 Å². The summed E-state index contributed by atoms with van der Waals surface area (Å²) in [7, 11) is -2.09. The molecule has 2 aliphatic heterocycles. The number of nitrogens with zero attached hydrogens (tertiary/aromatic N) is 3. The largest absolute Gasteiger partial charge is 0.497 e. The number of carbonyl (C=O) groups excluding carboxylic acids is 2. The van der Waals surface area contributed by atoms with Gasteiger partial charge in [-0.05, 0) is 44.0 Å². The third-order valence-corrected chi connectivity index (χ3v) is 7.46. The minimum Gasteiger partial charge on any atom is -0.497 e. The second kappa shape index (κ2) is 9.65. The highest BCUT2D eigenvalue weighted by Crippen LogP contribution is 2.23. The average molecular weight is 440 g/mol. The zero-order valence-corrected chi connectivity index (χ0v) is 18.3. The number of hydrogen-bond donors (Lipinski definition) is 0. The summed E-state index contributed by atoms with van der Waals surface area (Å²) in [6.45, 7) is 4.16. The number of piperidine rings is 1. The van der Waals surface area contributed by atoms with Crippen molar-refractivity contribution in [2.75, 3.05) is 53.0 Å². The lowest BCUT2D eigenvalue weighted by Gasteiger charge is -2.38. The fraction of sp³-hybridized carbons (Fsp3) is 0.600. The van der Waals surface area contributed by atoms with E-state index in [1.807, 2.05) is 0 Å². The maximum Gasteiger partial charge on any atom is 0.409 e. The van der Waals surface area contributed by atoms with Gasteiger partial charge in [0, 0.05) is 39.3 Å². The molecule has 3 rings (SSSR count). The van der Waals surface area contributed by atoms with Crippen molar-refractivity contribution in [1.82, 2.24) is 14.1 Å². The number of amides is 2. The fourth-order valence-electron chi connectivity index (χ4n) is 3.86. The quantitative estimate of drug-likeness (QED) is 0.688. The third kappa shape index (κ3) is 4.86. The molecular formula is C20H29N3O6S. The minimum absolute atomic E-state index is 0.0227. The smallest absolute Gasteiger partial charge is 0.409 e. The first-order valence-corrected chi connectivity index (χ1v) is 11.7. The number of benzene rings is 1. The van der Waals surface area contributed by atoms with Crippen molar-refractivity contribution in [3.8, 4) is 5.75 Å². The maximum atomic E-state index is 12.9. The van der Waals surface area contributed by atoms with Crippen molar-refractivity contribution in [3.63, 3.8) is 0 Å². The van der Waals surface area contributed by atoms with Gasteiger partial charge in [-0.15, -0.1) is 0 Å². The Labute approximate surface area is 177 Å². The highest BCUT2D eigenvalue weighted by molar-refractivity contribution is 7.89. The van der Waals surface area contributed by atoms with Gasteiger partial charge in [0.25, 0.3) is 0 Å². The van der Waals surface area contributed by atoms with Crippen molar-refractivity contribution in [2.24, 2.45) is 5.92 Å². The van der Waals surface area contributed by atoms with Gasteiger partial charge < -0.3 is 19.3 Å². The predicted molar refractivity (Wildman–Crippen MR) is 110 cm³/mol. The molecule has 2 amide bonds. The van der Waals surface area contributed by atoms with E-state index in [1.165, 1.54) is 23.5 Å². The third-order valence-electron chi connectivity index (χ3n) is 5.54. The molecule has 1 aromatic rings. The van der Waals surface area contributed by atoms with Gasteiger partial charge in [0.15, 0.2) is 0 Å². The summed E-state index contributed by atoms with van der Waals surface area (Å²) in [5.74, 6) is 0.298. The van der Waals surface area contributed by atoms with Gasteiger partial charge in [-0.25, -0.2) is 13.2 Å². The topological polar surface area (TPSA) is 96.5 Å². The lowest BCUT2D eigenvalue weighted by Crippen LogP contribution is -2.54. The molecule has 2 saturated heterocycles. The van der Waals surface area contributed by atoms with Crippen LogP contribution in [0.15, 0.2) is 29.2 Å². The van der Waals surface area contributed by atoms with E-state index in [0.29, 0.717) is 38.5 Å². The zero-order valence-electron chi connectivity index (χ0n) is 17.5. The number of ether oxygens (including phenoxy) is 2. The van der Waals surface area contributed by atoms with Gasteiger partial charge in [-0.2, -0.15) is 4.31 Å². The molecule has 166 valence electrons. The van der Waals surface area contributed by atoms with Crippen LogP contribution in [0.25, 0.3) is 0 Å². The fourth-order valence-corrected chi connectivity index (χ4v) is 5.29. The monoisotopic (exact) mass is 439 g/mol. The summed E-state index contributed by atoms with van der Waals surface area (Å²) in [6, 6.07) is 6.28. The number of methoxy groups -OCH3 is 1. The standard InChI is InChI=1S/C20H29N3O6S/c1-3-29-20(25)22-10-4-5-16(15-22)19(24)21-11-13-23(14-12-21)30(26,27)18-8-6-17(28-2)7-9-18/h6-9,16H,3-5,10-15H2,1-2H3. The summed E-state index contributed by atoms with van der Waals surface area (Å²) >= 11 is 0. The van der Waals surface area contributed by atoms with Gasteiger partial charge in [0.05, 0.1) is 24.5 Å². The predicted octanol–water partition coefficient (Wildman–Crippen LogP) is 1.40. The van der Waals surface area contributed by atoms with Crippen LogP contribution in [0.5, 0.6) is 5.75 Å². The van der Waals surface area contributed by atoms with Crippen LogP contribution in [0.3, 0.4) is 0 Å². The summed E-state index contributed by atoms with van der Waals surface area (Å²) in [5.41, 5.74) is 0. The molecule has 2 fully saturated rings. The lowest BCUT2D eigenvalue weighted by atomic mass is 9.96. The van der Waals surface area contributed by atoms with Crippen LogP contribution in [0.1, 0.15) is 19.8 Å². The van der Waals surface area contributed by atoms with E-state index < -0.39 is 10.0 Å². The summed E-state index contributed by atoms with van der Waals surface area (Å²) < 4.78 is 37.3. The van der Waals surface area contributed by atoms with Gasteiger partial charge >= 0.3 is 6.09 Å². The van der Waals surface area contributed by atoms with E-state index in [9.17, 15) is 18.0 Å². The number of likely N-dealkylation sites (tertiary alicyclic amines) is 1. The number of piperazine rings is 1. The molecule has 10 heteroatoms. The van der Waals surface area contributed by atoms with E-state index in [0.717, 1.165) is 12.8 Å². The molecule has 0 aromatic heterocycles. The highest BCUT2D eigenvalue weighted by Gasteiger charge is 2.35. The van der Waals surface area contributed by atoms with E-state index in [-0.39, 0.29) is 35.9 Å². The Morgan fingerprint density at radius 1 is 1.03 bits per heavy atom. The molecule has 1 aromatic carbocycles. The SMILES string of the molecule is CCOC(=O)N1CCCC(C(=O)N2CCN(S(=O)(=O)c3ccc(OC)cc3)CC2)C1. The summed E-state index contributed by atoms with van der Waals surface area (Å²) in [4.78, 5) is 28.4. The molecule has 9 nitrogen and oxygen atoms in total. The minimum atomic E-state index is -3.62. The second-order valence-electron chi connectivity index (χ2n) is 7.39. The molecule has 1 unspecified atom stereocenters. The highest BCUT2D eigenvalue weighted by atomic mass is 32.2. The van der Waals surface area contributed by atoms with Crippen molar-refractivity contribution >= 4 is 22.0 Å². The van der Waals surface area contributed by atoms with Crippen LogP contribution >= 0.6 is 0 Å². The van der Waals surface area contributed by atoms with Gasteiger partial charge in [0.2, 0.25) is 15.9 Å². The van der Waals surface area contributed by atoms with Crippen molar-refractivity contribution < 1.29 is 27.5 Å². The Balaban J connectivity index is 1.57. The number of sulfonamides is 1. The van der Waals surface area contributed by atoms with Crippen LogP contribution < -0.4 is 4.74 Å². The molecule has 0 N–H and O–H groups in total. The van der Waals surface area contributed by atoms with Crippen molar-refractivity contribution in [2.45, 2.75) is 24.7 Å². The molecular weight excluding hydrogens is 410 g/mol. The van der Waals surface area contributed by atoms with Crippen LogP contribution in [-0.4, -0.2) is 87.5 Å². The first-order valence-electron chi connectivity index (χ1n) is 10.2.